The van der Waals surface area contributed by atoms with E-state index in [9.17, 15) is 30.6 Å². The van der Waals surface area contributed by atoms with Crippen molar-refractivity contribution >= 4 is 0 Å². The summed E-state index contributed by atoms with van der Waals surface area (Å²) in [5.41, 5.74) is 5.32. The topological polar surface area (TPSA) is 140 Å². The zero-order valence-corrected chi connectivity index (χ0v) is 27.3. The average molecular weight is 671 g/mol. The van der Waals surface area contributed by atoms with Gasteiger partial charge in [-0.1, -0.05) is 36.4 Å². The van der Waals surface area contributed by atoms with Crippen LogP contribution < -0.4 is 9.47 Å². The number of hydrogen-bond donors (Lipinski definition) is 6. The molecular weight excluding hydrogens is 632 g/mol. The Bertz CT molecular complexity index is 1970. The lowest BCUT2D eigenvalue weighted by Gasteiger charge is -2.16. The molecule has 0 aliphatic heterocycles. The largest absolute Gasteiger partial charge is 0.508 e. The van der Waals surface area contributed by atoms with E-state index < -0.39 is 0 Å². The molecular formula is C42H38O8. The van der Waals surface area contributed by atoms with Crippen LogP contribution in [0.1, 0.15) is 33.4 Å². The minimum atomic E-state index is -0.257. The smallest absolute Gasteiger partial charge is 0.202 e. The van der Waals surface area contributed by atoms with Gasteiger partial charge in [-0.3, -0.25) is 0 Å². The molecule has 0 radical (unpaired) electrons. The van der Waals surface area contributed by atoms with Gasteiger partial charge in [0.2, 0.25) is 5.75 Å². The predicted molar refractivity (Wildman–Crippen MR) is 191 cm³/mol. The molecule has 0 aliphatic carbocycles. The highest BCUT2D eigenvalue weighted by molar-refractivity contribution is 5.56. The average Bonchev–Trinajstić information content (AvgIpc) is 3.08. The predicted octanol–water partition coefficient (Wildman–Crippen LogP) is 8.86. The van der Waals surface area contributed by atoms with Gasteiger partial charge in [-0.25, -0.2) is 0 Å². The fourth-order valence-corrected chi connectivity index (χ4v) is 5.84. The standard InChI is InChI=1S/C42H38O8/c43-33-15-13-27(14-16-33)7-10-32-23-40(49-38-21-30(19-36(46)25-38)11-8-28-3-1-5-34(44)17-28)42(48)41(24-32)50-39-22-31(20-37(47)26-39)12-9-29-4-2-6-35(45)18-29/h1-6,13-26,43-48H,7-12H2. The van der Waals surface area contributed by atoms with Crippen LogP contribution in [0, 0.1) is 0 Å². The second-order valence-corrected chi connectivity index (χ2v) is 12.3. The van der Waals surface area contributed by atoms with Crippen molar-refractivity contribution in [3.05, 3.63) is 155 Å². The van der Waals surface area contributed by atoms with E-state index in [0.29, 0.717) is 50.0 Å². The quantitative estimate of drug-likeness (QED) is 0.0716. The van der Waals surface area contributed by atoms with Gasteiger partial charge in [-0.2, -0.15) is 0 Å². The highest BCUT2D eigenvalue weighted by Gasteiger charge is 2.17. The minimum Gasteiger partial charge on any atom is -0.508 e. The van der Waals surface area contributed by atoms with Crippen molar-refractivity contribution in [1.29, 1.82) is 0 Å². The van der Waals surface area contributed by atoms with Crippen LogP contribution in [0.15, 0.2) is 121 Å². The minimum absolute atomic E-state index is 0.00543. The molecule has 0 amide bonds. The molecule has 0 heterocycles. The number of benzene rings is 6. The van der Waals surface area contributed by atoms with Gasteiger partial charge in [0.15, 0.2) is 11.5 Å². The molecule has 6 aromatic rings. The Morgan fingerprint density at radius 1 is 0.320 bits per heavy atom. The highest BCUT2D eigenvalue weighted by Crippen LogP contribution is 2.43. The molecule has 8 heteroatoms. The third-order valence-corrected chi connectivity index (χ3v) is 8.32. The van der Waals surface area contributed by atoms with Crippen molar-refractivity contribution in [3.63, 3.8) is 0 Å². The zero-order valence-electron chi connectivity index (χ0n) is 27.3. The number of phenols is 6. The molecule has 0 atom stereocenters. The van der Waals surface area contributed by atoms with Crippen LogP contribution in [0.4, 0.5) is 0 Å². The number of hydrogen-bond acceptors (Lipinski definition) is 8. The molecule has 0 saturated heterocycles. The van der Waals surface area contributed by atoms with Crippen LogP contribution in [0.3, 0.4) is 0 Å². The lowest BCUT2D eigenvalue weighted by atomic mass is 10.0. The Balaban J connectivity index is 1.26. The summed E-state index contributed by atoms with van der Waals surface area (Å²) in [7, 11) is 0. The van der Waals surface area contributed by atoms with Gasteiger partial charge in [-0.15, -0.1) is 0 Å². The van der Waals surface area contributed by atoms with Gasteiger partial charge in [-0.05, 0) is 145 Å². The Morgan fingerprint density at radius 2 is 0.720 bits per heavy atom. The number of rotatable bonds is 13. The number of phenolic OH excluding ortho intramolecular Hbond substituents is 6. The molecule has 0 saturated carbocycles. The summed E-state index contributed by atoms with van der Waals surface area (Å²) in [6, 6.07) is 34.3. The maximum atomic E-state index is 11.4. The molecule has 0 aromatic heterocycles. The molecule has 0 unspecified atom stereocenters. The Kier molecular flexibility index (Phi) is 10.3. The van der Waals surface area contributed by atoms with E-state index in [0.717, 1.165) is 33.4 Å². The first-order chi connectivity index (χ1) is 24.1. The van der Waals surface area contributed by atoms with E-state index >= 15 is 0 Å². The number of aryl methyl sites for hydroxylation is 6. The first kappa shape index (κ1) is 33.6. The van der Waals surface area contributed by atoms with Gasteiger partial charge < -0.3 is 40.1 Å². The first-order valence-electron chi connectivity index (χ1n) is 16.4. The van der Waals surface area contributed by atoms with Crippen molar-refractivity contribution in [1.82, 2.24) is 0 Å². The van der Waals surface area contributed by atoms with E-state index in [2.05, 4.69) is 0 Å². The molecule has 254 valence electrons. The lowest BCUT2D eigenvalue weighted by Crippen LogP contribution is -1.97. The fraction of sp³-hybridized carbons (Fsp3) is 0.143. The summed E-state index contributed by atoms with van der Waals surface area (Å²) in [6.07, 6.45) is 3.61. The van der Waals surface area contributed by atoms with E-state index in [1.54, 1.807) is 84.9 Å². The molecule has 6 aromatic carbocycles. The summed E-state index contributed by atoms with van der Waals surface area (Å²) < 4.78 is 12.4. The molecule has 0 aliphatic rings. The van der Waals surface area contributed by atoms with Crippen LogP contribution in [-0.2, 0) is 38.5 Å². The SMILES string of the molecule is Oc1ccc(CCc2cc(Oc3cc(O)cc(CCc4cccc(O)c4)c3)c(O)c(Oc3cc(O)cc(CCc4cccc(O)c4)c3)c2)cc1. The summed E-state index contributed by atoms with van der Waals surface area (Å²) in [4.78, 5) is 0. The molecule has 0 fully saturated rings. The maximum Gasteiger partial charge on any atom is 0.202 e. The van der Waals surface area contributed by atoms with Gasteiger partial charge in [0.05, 0.1) is 0 Å². The van der Waals surface area contributed by atoms with Crippen LogP contribution in [0.5, 0.6) is 57.5 Å². The van der Waals surface area contributed by atoms with Crippen molar-refractivity contribution < 1.29 is 40.1 Å². The van der Waals surface area contributed by atoms with Crippen molar-refractivity contribution in [2.45, 2.75) is 38.5 Å². The third kappa shape index (κ3) is 9.20. The summed E-state index contributed by atoms with van der Waals surface area (Å²) in [5, 5.41) is 61.8. The zero-order chi connectivity index (χ0) is 35.0. The first-order valence-corrected chi connectivity index (χ1v) is 16.4. The maximum absolute atomic E-state index is 11.4. The fourth-order valence-electron chi connectivity index (χ4n) is 5.84. The lowest BCUT2D eigenvalue weighted by molar-refractivity contribution is 0.374. The summed E-state index contributed by atoms with van der Waals surface area (Å²) >= 11 is 0. The molecule has 8 nitrogen and oxygen atoms in total. The Labute approximate surface area is 290 Å². The van der Waals surface area contributed by atoms with Gasteiger partial charge in [0.25, 0.3) is 0 Å². The van der Waals surface area contributed by atoms with Crippen LogP contribution >= 0.6 is 0 Å². The van der Waals surface area contributed by atoms with E-state index in [1.165, 1.54) is 12.1 Å². The van der Waals surface area contributed by atoms with Crippen molar-refractivity contribution in [2.24, 2.45) is 0 Å². The second kappa shape index (κ2) is 15.3. The van der Waals surface area contributed by atoms with E-state index in [-0.39, 0.29) is 46.0 Å². The van der Waals surface area contributed by atoms with Crippen molar-refractivity contribution in [3.8, 4) is 57.5 Å². The number of aromatic hydroxyl groups is 6. The molecule has 6 N–H and O–H groups in total. The van der Waals surface area contributed by atoms with E-state index in [1.807, 2.05) is 24.3 Å². The van der Waals surface area contributed by atoms with Crippen LogP contribution in [0.2, 0.25) is 0 Å². The normalized spacial score (nSPS) is 11.0. The monoisotopic (exact) mass is 670 g/mol. The number of ether oxygens (including phenoxy) is 2. The summed E-state index contributed by atoms with van der Waals surface area (Å²) in [6.45, 7) is 0. The molecule has 6 rings (SSSR count). The summed E-state index contributed by atoms with van der Waals surface area (Å²) in [5.74, 6) is 1.20. The van der Waals surface area contributed by atoms with Gasteiger partial charge in [0, 0.05) is 12.1 Å². The Morgan fingerprint density at radius 3 is 1.18 bits per heavy atom. The molecule has 0 bridgehead atoms. The Hall–Kier alpha value is -6.28. The third-order valence-electron chi connectivity index (χ3n) is 8.32. The molecule has 50 heavy (non-hydrogen) atoms. The van der Waals surface area contributed by atoms with Crippen LogP contribution in [0.25, 0.3) is 0 Å². The van der Waals surface area contributed by atoms with E-state index in [4.69, 9.17) is 9.47 Å². The second-order valence-electron chi connectivity index (χ2n) is 12.3. The molecule has 0 spiro atoms. The van der Waals surface area contributed by atoms with Gasteiger partial charge in [0.1, 0.15) is 40.2 Å². The highest BCUT2D eigenvalue weighted by atomic mass is 16.5. The van der Waals surface area contributed by atoms with Crippen LogP contribution in [-0.4, -0.2) is 30.6 Å². The van der Waals surface area contributed by atoms with Crippen molar-refractivity contribution in [2.75, 3.05) is 0 Å². The van der Waals surface area contributed by atoms with Gasteiger partial charge >= 0.3 is 0 Å².